The molecule has 1 heterocycles. The van der Waals surface area contributed by atoms with Crippen LogP contribution in [0.4, 0.5) is 0 Å². The fraction of sp³-hybridized carbons (Fsp3) is 0.357. The van der Waals surface area contributed by atoms with E-state index in [0.29, 0.717) is 6.54 Å². The normalized spacial score (nSPS) is 10.9. The second-order valence-electron chi connectivity index (χ2n) is 4.60. The van der Waals surface area contributed by atoms with Gasteiger partial charge in [-0.2, -0.15) is 0 Å². The van der Waals surface area contributed by atoms with Gasteiger partial charge >= 0.3 is 0 Å². The van der Waals surface area contributed by atoms with Crippen molar-refractivity contribution in [2.75, 3.05) is 14.1 Å². The fourth-order valence-electron chi connectivity index (χ4n) is 1.94. The number of hydrogen-bond acceptors (Lipinski definition) is 3. The van der Waals surface area contributed by atoms with Gasteiger partial charge in [0.25, 0.3) is 0 Å². The molecular weight excluding hydrogens is 379 g/mol. The molecule has 0 unspecified atom stereocenters. The van der Waals surface area contributed by atoms with Crippen LogP contribution in [0.1, 0.15) is 11.4 Å². The van der Waals surface area contributed by atoms with Crippen LogP contribution in [0.15, 0.2) is 41.7 Å². The molecule has 0 radical (unpaired) electrons. The Balaban J connectivity index is 0.00000220. The first-order valence-corrected chi connectivity index (χ1v) is 6.49. The third-order valence-electron chi connectivity index (χ3n) is 3.05. The summed E-state index contributed by atoms with van der Waals surface area (Å²) in [6.07, 6.45) is 1.69. The molecule has 1 aromatic carbocycles. The Morgan fingerprint density at radius 1 is 1.33 bits per heavy atom. The molecule has 0 aliphatic heterocycles. The lowest BCUT2D eigenvalue weighted by Gasteiger charge is -2.22. The molecule has 7 heteroatoms. The Bertz CT molecular complexity index is 566. The Hall–Kier alpha value is -1.64. The van der Waals surface area contributed by atoms with Gasteiger partial charge in [-0.05, 0) is 5.56 Å². The summed E-state index contributed by atoms with van der Waals surface area (Å²) >= 11 is 0. The van der Waals surface area contributed by atoms with Gasteiger partial charge in [-0.3, -0.25) is 4.99 Å². The maximum absolute atomic E-state index is 4.29. The Labute approximate surface area is 142 Å². The first kappa shape index (κ1) is 17.4. The molecule has 0 amide bonds. The maximum Gasteiger partial charge on any atom is 0.194 e. The average molecular weight is 400 g/mol. The van der Waals surface area contributed by atoms with E-state index in [-0.39, 0.29) is 24.0 Å². The van der Waals surface area contributed by atoms with Crippen molar-refractivity contribution in [1.82, 2.24) is 25.0 Å². The predicted molar refractivity (Wildman–Crippen MR) is 94.5 cm³/mol. The van der Waals surface area contributed by atoms with Crippen LogP contribution in [-0.4, -0.2) is 39.7 Å². The molecule has 0 atom stereocenters. The number of hydrogen-bond donors (Lipinski definition) is 1. The minimum absolute atomic E-state index is 0. The molecule has 0 aliphatic carbocycles. The number of guanidine groups is 1. The van der Waals surface area contributed by atoms with Crippen LogP contribution < -0.4 is 5.32 Å². The molecule has 0 spiro atoms. The van der Waals surface area contributed by atoms with Gasteiger partial charge in [-0.1, -0.05) is 30.3 Å². The van der Waals surface area contributed by atoms with Crippen LogP contribution in [0.5, 0.6) is 0 Å². The highest BCUT2D eigenvalue weighted by molar-refractivity contribution is 14.0. The Morgan fingerprint density at radius 3 is 2.62 bits per heavy atom. The van der Waals surface area contributed by atoms with E-state index in [9.17, 15) is 0 Å². The SMILES string of the molecule is CN=C(NCc1nncn1C)N(C)Cc1ccccc1.I. The van der Waals surface area contributed by atoms with E-state index in [1.165, 1.54) is 5.56 Å². The molecule has 114 valence electrons. The van der Waals surface area contributed by atoms with Crippen molar-refractivity contribution in [3.8, 4) is 0 Å². The van der Waals surface area contributed by atoms with Gasteiger partial charge in [-0.25, -0.2) is 0 Å². The molecule has 1 N–H and O–H groups in total. The number of halogens is 1. The van der Waals surface area contributed by atoms with Gasteiger partial charge < -0.3 is 14.8 Å². The fourth-order valence-corrected chi connectivity index (χ4v) is 1.94. The topological polar surface area (TPSA) is 58.3 Å². The largest absolute Gasteiger partial charge is 0.349 e. The lowest BCUT2D eigenvalue weighted by Crippen LogP contribution is -2.38. The van der Waals surface area contributed by atoms with E-state index >= 15 is 0 Å². The lowest BCUT2D eigenvalue weighted by molar-refractivity contribution is 0.474. The number of aliphatic imine (C=N–C) groups is 1. The monoisotopic (exact) mass is 400 g/mol. The standard InChI is InChI=1S/C14H20N6.HI/c1-15-14(16-9-13-18-17-11-20(13)3)19(2)10-12-7-5-4-6-8-12;/h4-8,11H,9-10H2,1-3H3,(H,15,16);1H. The summed E-state index contributed by atoms with van der Waals surface area (Å²) in [4.78, 5) is 6.36. The maximum atomic E-state index is 4.29. The summed E-state index contributed by atoms with van der Waals surface area (Å²) < 4.78 is 1.89. The minimum atomic E-state index is 0. The molecule has 0 bridgehead atoms. The van der Waals surface area contributed by atoms with Gasteiger partial charge in [0.15, 0.2) is 11.8 Å². The first-order chi connectivity index (χ1) is 9.70. The summed E-state index contributed by atoms with van der Waals surface area (Å²) in [6, 6.07) is 10.3. The molecule has 21 heavy (non-hydrogen) atoms. The smallest absolute Gasteiger partial charge is 0.194 e. The number of nitrogens with zero attached hydrogens (tertiary/aromatic N) is 5. The molecular formula is C14H21IN6. The van der Waals surface area contributed by atoms with Crippen LogP contribution >= 0.6 is 24.0 Å². The Morgan fingerprint density at radius 2 is 2.05 bits per heavy atom. The number of nitrogens with one attached hydrogen (secondary N) is 1. The van der Waals surface area contributed by atoms with Crippen molar-refractivity contribution >= 4 is 29.9 Å². The summed E-state index contributed by atoms with van der Waals surface area (Å²) in [6.45, 7) is 1.40. The van der Waals surface area contributed by atoms with Crippen LogP contribution in [-0.2, 0) is 20.1 Å². The van der Waals surface area contributed by atoms with Crippen molar-refractivity contribution < 1.29 is 0 Å². The van der Waals surface area contributed by atoms with Crippen molar-refractivity contribution in [1.29, 1.82) is 0 Å². The number of benzene rings is 1. The van der Waals surface area contributed by atoms with E-state index < -0.39 is 0 Å². The minimum Gasteiger partial charge on any atom is -0.349 e. The third-order valence-corrected chi connectivity index (χ3v) is 3.05. The highest BCUT2D eigenvalue weighted by Gasteiger charge is 2.08. The molecule has 2 rings (SSSR count). The first-order valence-electron chi connectivity index (χ1n) is 6.49. The quantitative estimate of drug-likeness (QED) is 0.482. The second kappa shape index (κ2) is 8.60. The van der Waals surface area contributed by atoms with E-state index in [0.717, 1.165) is 18.3 Å². The molecule has 0 aliphatic rings. The van der Waals surface area contributed by atoms with Crippen molar-refractivity contribution in [2.45, 2.75) is 13.1 Å². The van der Waals surface area contributed by atoms with E-state index in [2.05, 4.69) is 37.5 Å². The van der Waals surface area contributed by atoms with Gasteiger partial charge in [-0.15, -0.1) is 34.2 Å². The zero-order valence-electron chi connectivity index (χ0n) is 12.5. The van der Waals surface area contributed by atoms with Gasteiger partial charge in [0, 0.05) is 27.7 Å². The molecule has 2 aromatic rings. The van der Waals surface area contributed by atoms with E-state index in [4.69, 9.17) is 0 Å². The average Bonchev–Trinajstić information content (AvgIpc) is 2.86. The third kappa shape index (κ3) is 5.00. The van der Waals surface area contributed by atoms with E-state index in [1.807, 2.05) is 36.9 Å². The molecule has 6 nitrogen and oxygen atoms in total. The zero-order valence-corrected chi connectivity index (χ0v) is 14.9. The van der Waals surface area contributed by atoms with E-state index in [1.54, 1.807) is 13.4 Å². The van der Waals surface area contributed by atoms with Crippen LogP contribution in [0, 0.1) is 0 Å². The van der Waals surface area contributed by atoms with Crippen LogP contribution in [0.2, 0.25) is 0 Å². The van der Waals surface area contributed by atoms with Crippen molar-refractivity contribution in [3.63, 3.8) is 0 Å². The van der Waals surface area contributed by atoms with Gasteiger partial charge in [0.05, 0.1) is 6.54 Å². The number of aromatic nitrogens is 3. The van der Waals surface area contributed by atoms with Gasteiger partial charge in [0.2, 0.25) is 0 Å². The zero-order chi connectivity index (χ0) is 14.4. The number of aryl methyl sites for hydroxylation is 1. The molecule has 0 saturated heterocycles. The molecule has 0 fully saturated rings. The highest BCUT2D eigenvalue weighted by atomic mass is 127. The summed E-state index contributed by atoms with van der Waals surface area (Å²) in [5.41, 5.74) is 1.25. The second-order valence-corrected chi connectivity index (χ2v) is 4.60. The predicted octanol–water partition coefficient (Wildman–Crippen LogP) is 1.64. The van der Waals surface area contributed by atoms with Crippen LogP contribution in [0.3, 0.4) is 0 Å². The summed E-state index contributed by atoms with van der Waals surface area (Å²) in [5, 5.41) is 11.2. The molecule has 0 saturated carbocycles. The lowest BCUT2D eigenvalue weighted by atomic mass is 10.2. The summed E-state index contributed by atoms with van der Waals surface area (Å²) in [5.74, 6) is 1.70. The van der Waals surface area contributed by atoms with Crippen molar-refractivity contribution in [2.24, 2.45) is 12.0 Å². The van der Waals surface area contributed by atoms with Crippen molar-refractivity contribution in [3.05, 3.63) is 48.0 Å². The van der Waals surface area contributed by atoms with Gasteiger partial charge in [0.1, 0.15) is 6.33 Å². The summed E-state index contributed by atoms with van der Waals surface area (Å²) in [7, 11) is 5.72. The molecule has 1 aromatic heterocycles. The number of rotatable bonds is 4. The Kier molecular flexibility index (Phi) is 7.13. The highest BCUT2D eigenvalue weighted by Crippen LogP contribution is 2.03. The van der Waals surface area contributed by atoms with Crippen LogP contribution in [0.25, 0.3) is 0 Å².